The Morgan fingerprint density at radius 1 is 1.06 bits per heavy atom. The minimum absolute atomic E-state index is 0.313. The maximum absolute atomic E-state index is 3.41. The predicted molar refractivity (Wildman–Crippen MR) is 75.9 cm³/mol. The Labute approximate surface area is 108 Å². The third-order valence-electron chi connectivity index (χ3n) is 3.17. The van der Waals surface area contributed by atoms with Gasteiger partial charge in [-0.05, 0) is 45.0 Å². The van der Waals surface area contributed by atoms with Crippen LogP contribution in [-0.2, 0) is 0 Å². The molecular weight excluding hydrogens is 226 g/mol. The van der Waals surface area contributed by atoms with Crippen LogP contribution in [0, 0.1) is 20.8 Å². The summed E-state index contributed by atoms with van der Waals surface area (Å²) in [5.74, 6) is 0. The topological polar surface area (TPSA) is 12.0 Å². The van der Waals surface area contributed by atoms with Crippen molar-refractivity contribution < 1.29 is 0 Å². The van der Waals surface area contributed by atoms with Gasteiger partial charge in [-0.1, -0.05) is 29.8 Å². The van der Waals surface area contributed by atoms with Crippen LogP contribution in [0.2, 0.25) is 0 Å². The Balaban J connectivity index is 2.36. The first-order chi connectivity index (χ1) is 8.11. The summed E-state index contributed by atoms with van der Waals surface area (Å²) < 4.78 is 0. The number of aryl methyl sites for hydroxylation is 3. The standard InChI is InChI=1S/C15H19NS/c1-10-5-7-13(8-6-10)15(16-4)14-9-11(2)12(3)17-14/h5-9,15-16H,1-4H3. The van der Waals surface area contributed by atoms with Crippen LogP contribution < -0.4 is 5.32 Å². The maximum Gasteiger partial charge on any atom is 0.0668 e. The van der Waals surface area contributed by atoms with E-state index in [1.165, 1.54) is 26.4 Å². The number of thiophene rings is 1. The van der Waals surface area contributed by atoms with Crippen molar-refractivity contribution in [1.29, 1.82) is 0 Å². The molecule has 90 valence electrons. The summed E-state index contributed by atoms with van der Waals surface area (Å²) in [6.07, 6.45) is 0. The van der Waals surface area contributed by atoms with Crippen LogP contribution in [0.1, 0.15) is 32.5 Å². The van der Waals surface area contributed by atoms with Crippen LogP contribution in [0.15, 0.2) is 30.3 Å². The molecule has 1 heterocycles. The Hall–Kier alpha value is -1.12. The molecule has 1 atom stereocenters. The van der Waals surface area contributed by atoms with Crippen molar-refractivity contribution in [3.8, 4) is 0 Å². The second-order valence-corrected chi connectivity index (χ2v) is 5.81. The fourth-order valence-corrected chi connectivity index (χ4v) is 3.16. The van der Waals surface area contributed by atoms with Gasteiger partial charge in [0.25, 0.3) is 0 Å². The average Bonchev–Trinajstić information content (AvgIpc) is 2.63. The van der Waals surface area contributed by atoms with Gasteiger partial charge in [-0.15, -0.1) is 11.3 Å². The summed E-state index contributed by atoms with van der Waals surface area (Å²) in [6, 6.07) is 11.4. The van der Waals surface area contributed by atoms with E-state index in [4.69, 9.17) is 0 Å². The first-order valence-corrected chi connectivity index (χ1v) is 6.74. The minimum atomic E-state index is 0.313. The molecule has 2 heteroatoms. The highest BCUT2D eigenvalue weighted by Gasteiger charge is 2.14. The number of hydrogen-bond donors (Lipinski definition) is 1. The quantitative estimate of drug-likeness (QED) is 0.862. The second kappa shape index (κ2) is 5.03. The van der Waals surface area contributed by atoms with Gasteiger partial charge in [0, 0.05) is 9.75 Å². The van der Waals surface area contributed by atoms with Crippen molar-refractivity contribution in [3.63, 3.8) is 0 Å². The molecule has 0 aliphatic heterocycles. The Bertz CT molecular complexity index is 477. The number of rotatable bonds is 3. The smallest absolute Gasteiger partial charge is 0.0668 e. The molecular formula is C15H19NS. The van der Waals surface area contributed by atoms with Crippen molar-refractivity contribution in [2.75, 3.05) is 7.05 Å². The van der Waals surface area contributed by atoms with Gasteiger partial charge in [0.15, 0.2) is 0 Å². The van der Waals surface area contributed by atoms with Crippen molar-refractivity contribution in [3.05, 3.63) is 56.8 Å². The number of nitrogens with one attached hydrogen (secondary N) is 1. The van der Waals surface area contributed by atoms with Crippen molar-refractivity contribution in [2.24, 2.45) is 0 Å². The van der Waals surface area contributed by atoms with Crippen LogP contribution in [0.4, 0.5) is 0 Å². The largest absolute Gasteiger partial charge is 0.309 e. The van der Waals surface area contributed by atoms with Gasteiger partial charge in [-0.2, -0.15) is 0 Å². The molecule has 0 fully saturated rings. The molecule has 0 aliphatic carbocycles. The molecule has 0 spiro atoms. The van der Waals surface area contributed by atoms with E-state index in [0.717, 1.165) is 0 Å². The SMILES string of the molecule is CNC(c1ccc(C)cc1)c1cc(C)c(C)s1. The van der Waals surface area contributed by atoms with Gasteiger partial charge in [-0.25, -0.2) is 0 Å². The molecule has 1 aromatic carbocycles. The molecule has 1 N–H and O–H groups in total. The fraction of sp³-hybridized carbons (Fsp3) is 0.333. The number of hydrogen-bond acceptors (Lipinski definition) is 2. The Morgan fingerprint density at radius 3 is 2.18 bits per heavy atom. The average molecular weight is 245 g/mol. The summed E-state index contributed by atoms with van der Waals surface area (Å²) >= 11 is 1.88. The summed E-state index contributed by atoms with van der Waals surface area (Å²) in [7, 11) is 2.02. The maximum atomic E-state index is 3.41. The van der Waals surface area contributed by atoms with E-state index in [1.807, 2.05) is 18.4 Å². The Morgan fingerprint density at radius 2 is 1.71 bits per heavy atom. The third kappa shape index (κ3) is 2.59. The van der Waals surface area contributed by atoms with Gasteiger partial charge in [-0.3, -0.25) is 0 Å². The zero-order chi connectivity index (χ0) is 12.4. The molecule has 0 aliphatic rings. The molecule has 1 unspecified atom stereocenters. The summed E-state index contributed by atoms with van der Waals surface area (Å²) in [5, 5.41) is 3.41. The highest BCUT2D eigenvalue weighted by atomic mass is 32.1. The van der Waals surface area contributed by atoms with Crippen LogP contribution in [-0.4, -0.2) is 7.05 Å². The molecule has 2 rings (SSSR count). The van der Waals surface area contributed by atoms with Gasteiger partial charge in [0.1, 0.15) is 0 Å². The van der Waals surface area contributed by atoms with E-state index >= 15 is 0 Å². The fourth-order valence-electron chi connectivity index (χ4n) is 1.98. The van der Waals surface area contributed by atoms with Crippen molar-refractivity contribution in [2.45, 2.75) is 26.8 Å². The monoisotopic (exact) mass is 245 g/mol. The van der Waals surface area contributed by atoms with E-state index in [0.29, 0.717) is 6.04 Å². The van der Waals surface area contributed by atoms with E-state index in [9.17, 15) is 0 Å². The lowest BCUT2D eigenvalue weighted by Gasteiger charge is -2.15. The summed E-state index contributed by atoms with van der Waals surface area (Å²) in [5.41, 5.74) is 4.03. The first-order valence-electron chi connectivity index (χ1n) is 5.92. The lowest BCUT2D eigenvalue weighted by atomic mass is 10.0. The highest BCUT2D eigenvalue weighted by Crippen LogP contribution is 2.30. The van der Waals surface area contributed by atoms with Crippen molar-refractivity contribution in [1.82, 2.24) is 5.32 Å². The van der Waals surface area contributed by atoms with E-state index in [1.54, 1.807) is 0 Å². The lowest BCUT2D eigenvalue weighted by Crippen LogP contribution is -2.16. The molecule has 0 amide bonds. The van der Waals surface area contributed by atoms with Gasteiger partial charge < -0.3 is 5.32 Å². The number of benzene rings is 1. The van der Waals surface area contributed by atoms with Crippen LogP contribution in [0.25, 0.3) is 0 Å². The van der Waals surface area contributed by atoms with Gasteiger partial charge in [0.05, 0.1) is 6.04 Å². The van der Waals surface area contributed by atoms with Crippen LogP contribution >= 0.6 is 11.3 Å². The molecule has 0 bridgehead atoms. The van der Waals surface area contributed by atoms with E-state index in [2.05, 4.69) is 56.4 Å². The summed E-state index contributed by atoms with van der Waals surface area (Å²) in [4.78, 5) is 2.80. The third-order valence-corrected chi connectivity index (χ3v) is 4.39. The zero-order valence-corrected chi connectivity index (χ0v) is 11.7. The highest BCUT2D eigenvalue weighted by molar-refractivity contribution is 7.12. The lowest BCUT2D eigenvalue weighted by molar-refractivity contribution is 0.703. The first kappa shape index (κ1) is 12.3. The minimum Gasteiger partial charge on any atom is -0.309 e. The summed E-state index contributed by atoms with van der Waals surface area (Å²) in [6.45, 7) is 6.49. The molecule has 17 heavy (non-hydrogen) atoms. The normalized spacial score (nSPS) is 12.7. The molecule has 0 radical (unpaired) electrons. The predicted octanol–water partition coefficient (Wildman–Crippen LogP) is 3.98. The van der Waals surface area contributed by atoms with Gasteiger partial charge >= 0.3 is 0 Å². The van der Waals surface area contributed by atoms with Gasteiger partial charge in [0.2, 0.25) is 0 Å². The van der Waals surface area contributed by atoms with E-state index in [-0.39, 0.29) is 0 Å². The second-order valence-electron chi connectivity index (χ2n) is 4.52. The van der Waals surface area contributed by atoms with E-state index < -0.39 is 0 Å². The van der Waals surface area contributed by atoms with Crippen LogP contribution in [0.5, 0.6) is 0 Å². The molecule has 1 aromatic heterocycles. The zero-order valence-electron chi connectivity index (χ0n) is 10.9. The molecule has 1 nitrogen and oxygen atoms in total. The molecule has 2 aromatic rings. The van der Waals surface area contributed by atoms with Crippen molar-refractivity contribution >= 4 is 11.3 Å². The Kier molecular flexibility index (Phi) is 3.65. The van der Waals surface area contributed by atoms with Crippen LogP contribution in [0.3, 0.4) is 0 Å². The molecule has 0 saturated carbocycles. The molecule has 0 saturated heterocycles.